The van der Waals surface area contributed by atoms with Crippen LogP contribution >= 0.6 is 0 Å². The monoisotopic (exact) mass is 230 g/mol. The molecule has 88 valence electrons. The summed E-state index contributed by atoms with van der Waals surface area (Å²) in [5, 5.41) is 3.10. The van der Waals surface area contributed by atoms with Crippen LogP contribution in [0.25, 0.3) is 0 Å². The highest BCUT2D eigenvalue weighted by Gasteiger charge is 2.32. The van der Waals surface area contributed by atoms with Crippen LogP contribution in [-0.2, 0) is 6.18 Å². The third-order valence-electron chi connectivity index (χ3n) is 2.87. The molecule has 0 unspecified atom stereocenters. The van der Waals surface area contributed by atoms with Gasteiger partial charge in [-0.2, -0.15) is 13.2 Å². The van der Waals surface area contributed by atoms with Gasteiger partial charge in [0.1, 0.15) is 5.69 Å². The van der Waals surface area contributed by atoms with Crippen LogP contribution < -0.4 is 5.32 Å². The van der Waals surface area contributed by atoms with Crippen molar-refractivity contribution in [1.82, 2.24) is 4.98 Å². The van der Waals surface area contributed by atoms with E-state index < -0.39 is 11.9 Å². The average Bonchev–Trinajstić information content (AvgIpc) is 2.15. The lowest BCUT2D eigenvalue weighted by atomic mass is 9.85. The van der Waals surface area contributed by atoms with Crippen molar-refractivity contribution in [2.24, 2.45) is 5.92 Å². The second-order valence-electron chi connectivity index (χ2n) is 4.11. The third kappa shape index (κ3) is 2.65. The molecule has 1 aliphatic carbocycles. The van der Waals surface area contributed by atoms with Crippen LogP contribution in [0.4, 0.5) is 18.9 Å². The Bertz CT molecular complexity index is 341. The lowest BCUT2D eigenvalue weighted by Crippen LogP contribution is -2.21. The fourth-order valence-electron chi connectivity index (χ4n) is 1.63. The number of hydrogen-bond acceptors (Lipinski definition) is 2. The van der Waals surface area contributed by atoms with Crippen molar-refractivity contribution >= 4 is 5.69 Å². The van der Waals surface area contributed by atoms with Crippen molar-refractivity contribution < 1.29 is 13.2 Å². The number of hydrogen-bond donors (Lipinski definition) is 1. The first-order valence-corrected chi connectivity index (χ1v) is 5.33. The molecule has 0 amide bonds. The molecule has 5 heteroatoms. The van der Waals surface area contributed by atoms with E-state index in [1.807, 2.05) is 0 Å². The van der Waals surface area contributed by atoms with Gasteiger partial charge >= 0.3 is 6.18 Å². The van der Waals surface area contributed by atoms with E-state index in [0.717, 1.165) is 12.6 Å². The fourth-order valence-corrected chi connectivity index (χ4v) is 1.63. The summed E-state index contributed by atoms with van der Waals surface area (Å²) in [7, 11) is 0. The number of alkyl halides is 3. The topological polar surface area (TPSA) is 24.9 Å². The molecule has 1 aromatic rings. The van der Waals surface area contributed by atoms with Gasteiger partial charge in [0.05, 0.1) is 11.9 Å². The maximum absolute atomic E-state index is 12.2. The van der Waals surface area contributed by atoms with Gasteiger partial charge in [0.15, 0.2) is 0 Å². The molecule has 1 saturated carbocycles. The summed E-state index contributed by atoms with van der Waals surface area (Å²) in [4.78, 5) is 3.38. The van der Waals surface area contributed by atoms with E-state index in [-0.39, 0.29) is 0 Å². The smallest absolute Gasteiger partial charge is 0.384 e. The number of rotatable bonds is 3. The van der Waals surface area contributed by atoms with Crippen molar-refractivity contribution in [2.75, 3.05) is 11.9 Å². The SMILES string of the molecule is FC(F)(F)c1ccc(NCC2CCC2)cn1. The molecule has 0 radical (unpaired) electrons. The van der Waals surface area contributed by atoms with Gasteiger partial charge in [-0.3, -0.25) is 0 Å². The normalized spacial score (nSPS) is 16.9. The lowest BCUT2D eigenvalue weighted by molar-refractivity contribution is -0.141. The van der Waals surface area contributed by atoms with Gasteiger partial charge in [0, 0.05) is 6.54 Å². The second kappa shape index (κ2) is 4.31. The van der Waals surface area contributed by atoms with Crippen molar-refractivity contribution in [1.29, 1.82) is 0 Å². The van der Waals surface area contributed by atoms with Crippen LogP contribution in [0.15, 0.2) is 18.3 Å². The number of halogens is 3. The lowest BCUT2D eigenvalue weighted by Gasteiger charge is -2.25. The molecule has 1 N–H and O–H groups in total. The van der Waals surface area contributed by atoms with E-state index in [4.69, 9.17) is 0 Å². The first kappa shape index (κ1) is 11.2. The van der Waals surface area contributed by atoms with Gasteiger partial charge < -0.3 is 5.32 Å². The minimum absolute atomic E-state index is 0.653. The molecule has 0 atom stereocenters. The van der Waals surface area contributed by atoms with Crippen LogP contribution in [0.2, 0.25) is 0 Å². The van der Waals surface area contributed by atoms with Gasteiger partial charge in [0.2, 0.25) is 0 Å². The summed E-state index contributed by atoms with van der Waals surface area (Å²) in [6.07, 6.45) is 0.563. The van der Waals surface area contributed by atoms with Crippen molar-refractivity contribution in [3.05, 3.63) is 24.0 Å². The first-order chi connectivity index (χ1) is 7.55. The maximum atomic E-state index is 12.2. The van der Waals surface area contributed by atoms with E-state index in [0.29, 0.717) is 11.6 Å². The Balaban J connectivity index is 1.91. The number of anilines is 1. The fraction of sp³-hybridized carbons (Fsp3) is 0.545. The van der Waals surface area contributed by atoms with Crippen LogP contribution in [0, 0.1) is 5.92 Å². The van der Waals surface area contributed by atoms with Crippen LogP contribution in [-0.4, -0.2) is 11.5 Å². The molecule has 1 fully saturated rings. The maximum Gasteiger partial charge on any atom is 0.433 e. The Kier molecular flexibility index (Phi) is 3.03. The molecular weight excluding hydrogens is 217 g/mol. The quantitative estimate of drug-likeness (QED) is 0.861. The van der Waals surface area contributed by atoms with E-state index >= 15 is 0 Å². The summed E-state index contributed by atoms with van der Waals surface area (Å²) >= 11 is 0. The zero-order valence-corrected chi connectivity index (χ0v) is 8.72. The molecule has 16 heavy (non-hydrogen) atoms. The summed E-state index contributed by atoms with van der Waals surface area (Å²) in [5.41, 5.74) is -0.193. The molecule has 1 heterocycles. The van der Waals surface area contributed by atoms with Gasteiger partial charge in [-0.25, -0.2) is 4.98 Å². The van der Waals surface area contributed by atoms with Gasteiger partial charge in [-0.05, 0) is 30.9 Å². The van der Waals surface area contributed by atoms with E-state index in [1.54, 1.807) is 0 Å². The van der Waals surface area contributed by atoms with Crippen molar-refractivity contribution in [3.63, 3.8) is 0 Å². The third-order valence-corrected chi connectivity index (χ3v) is 2.87. The highest BCUT2D eigenvalue weighted by Crippen LogP contribution is 2.29. The number of nitrogens with one attached hydrogen (secondary N) is 1. The van der Waals surface area contributed by atoms with E-state index in [1.165, 1.54) is 31.5 Å². The Labute approximate surface area is 91.9 Å². The van der Waals surface area contributed by atoms with Crippen molar-refractivity contribution in [3.8, 4) is 0 Å². The highest BCUT2D eigenvalue weighted by atomic mass is 19.4. The van der Waals surface area contributed by atoms with E-state index in [2.05, 4.69) is 10.3 Å². The summed E-state index contributed by atoms with van der Waals surface area (Å²) in [6, 6.07) is 2.43. The molecule has 0 spiro atoms. The van der Waals surface area contributed by atoms with Crippen molar-refractivity contribution in [2.45, 2.75) is 25.4 Å². The standard InChI is InChI=1S/C11H13F3N2/c12-11(13,14)10-5-4-9(7-16-10)15-6-8-2-1-3-8/h4-5,7-8,15H,1-3,6H2. The Morgan fingerprint density at radius 1 is 1.31 bits per heavy atom. The molecule has 1 aliphatic rings. The zero-order valence-electron chi connectivity index (χ0n) is 8.72. The van der Waals surface area contributed by atoms with Gasteiger partial charge in [0.25, 0.3) is 0 Å². The Hall–Kier alpha value is -1.26. The largest absolute Gasteiger partial charge is 0.433 e. The van der Waals surface area contributed by atoms with Crippen LogP contribution in [0.1, 0.15) is 25.0 Å². The summed E-state index contributed by atoms with van der Waals surface area (Å²) in [6.45, 7) is 0.826. The minimum atomic E-state index is -4.35. The molecule has 0 aromatic carbocycles. The molecule has 2 rings (SSSR count). The molecule has 2 nitrogen and oxygen atoms in total. The Morgan fingerprint density at radius 3 is 2.50 bits per heavy atom. The number of nitrogens with zero attached hydrogens (tertiary/aromatic N) is 1. The van der Waals surface area contributed by atoms with Gasteiger partial charge in [-0.1, -0.05) is 6.42 Å². The summed E-state index contributed by atoms with van der Waals surface area (Å²) < 4.78 is 36.6. The number of aromatic nitrogens is 1. The minimum Gasteiger partial charge on any atom is -0.384 e. The van der Waals surface area contributed by atoms with Gasteiger partial charge in [-0.15, -0.1) is 0 Å². The van der Waals surface area contributed by atoms with E-state index in [9.17, 15) is 13.2 Å². The predicted octanol–water partition coefficient (Wildman–Crippen LogP) is 3.31. The predicted molar refractivity (Wildman–Crippen MR) is 55.1 cm³/mol. The van der Waals surface area contributed by atoms with Crippen LogP contribution in [0.5, 0.6) is 0 Å². The molecule has 0 saturated heterocycles. The molecular formula is C11H13F3N2. The second-order valence-corrected chi connectivity index (χ2v) is 4.11. The first-order valence-electron chi connectivity index (χ1n) is 5.33. The average molecular weight is 230 g/mol. The molecule has 0 aliphatic heterocycles. The zero-order chi connectivity index (χ0) is 11.6. The number of pyridine rings is 1. The molecule has 0 bridgehead atoms. The van der Waals surface area contributed by atoms with Crippen LogP contribution in [0.3, 0.4) is 0 Å². The molecule has 1 aromatic heterocycles. The highest BCUT2D eigenvalue weighted by molar-refractivity contribution is 5.41. The summed E-state index contributed by atoms with van der Waals surface area (Å²) in [5.74, 6) is 0.669. The Morgan fingerprint density at radius 2 is 2.06 bits per heavy atom.